The first-order valence-corrected chi connectivity index (χ1v) is 4.64. The fourth-order valence-electron chi connectivity index (χ4n) is 0.886. The Kier molecular flexibility index (Phi) is 3.63. The van der Waals surface area contributed by atoms with Crippen LogP contribution in [0.2, 0.25) is 5.15 Å². The molecule has 0 atom stereocenters. The van der Waals surface area contributed by atoms with Crippen molar-refractivity contribution in [1.29, 1.82) is 0 Å². The molecule has 1 heterocycles. The smallest absolute Gasteiger partial charge is 0.129 e. The molecule has 0 unspecified atom stereocenters. The molecule has 1 rings (SSSR count). The number of hydrogen-bond donors (Lipinski definition) is 1. The summed E-state index contributed by atoms with van der Waals surface area (Å²) < 4.78 is 0. The van der Waals surface area contributed by atoms with Gasteiger partial charge in [-0.2, -0.15) is 12.6 Å². The highest BCUT2D eigenvalue weighted by Crippen LogP contribution is 2.13. The molecule has 1 aromatic rings. The third-order valence-corrected chi connectivity index (χ3v) is 1.94. The highest BCUT2D eigenvalue weighted by molar-refractivity contribution is 7.80. The van der Waals surface area contributed by atoms with Gasteiger partial charge >= 0.3 is 0 Å². The fraction of sp³-hybridized carbons (Fsp3) is 0.222. The van der Waals surface area contributed by atoms with Gasteiger partial charge < -0.3 is 0 Å². The Bertz CT molecular complexity index is 297. The van der Waals surface area contributed by atoms with E-state index < -0.39 is 0 Å². The minimum Gasteiger partial charge on any atom is -0.244 e. The van der Waals surface area contributed by atoms with E-state index in [1.54, 1.807) is 6.20 Å². The van der Waals surface area contributed by atoms with Crippen LogP contribution in [0.15, 0.2) is 18.3 Å². The second-order valence-corrected chi connectivity index (χ2v) is 3.20. The Labute approximate surface area is 82.9 Å². The molecule has 0 N–H and O–H groups in total. The van der Waals surface area contributed by atoms with Gasteiger partial charge in [-0.1, -0.05) is 23.8 Å². The summed E-state index contributed by atoms with van der Waals surface area (Å²) in [6, 6.07) is 1.85. The molecule has 12 heavy (non-hydrogen) atoms. The van der Waals surface area contributed by atoms with Crippen LogP contribution in [-0.4, -0.2) is 10.7 Å². The van der Waals surface area contributed by atoms with Gasteiger partial charge in [0.25, 0.3) is 0 Å². The van der Waals surface area contributed by atoms with Crippen molar-refractivity contribution in [2.75, 3.05) is 5.75 Å². The van der Waals surface area contributed by atoms with E-state index in [1.807, 2.05) is 25.1 Å². The van der Waals surface area contributed by atoms with Gasteiger partial charge in [-0.15, -0.1) is 0 Å². The molecule has 3 heteroatoms. The van der Waals surface area contributed by atoms with E-state index in [1.165, 1.54) is 0 Å². The summed E-state index contributed by atoms with van der Waals surface area (Å²) in [4.78, 5) is 3.98. The van der Waals surface area contributed by atoms with E-state index in [0.29, 0.717) is 5.15 Å². The van der Waals surface area contributed by atoms with Crippen LogP contribution in [-0.2, 0) is 0 Å². The molecule has 0 fully saturated rings. The highest BCUT2D eigenvalue weighted by Gasteiger charge is 1.95. The molecule has 0 bridgehead atoms. The average molecular weight is 200 g/mol. The predicted octanol–water partition coefficient (Wildman–Crippen LogP) is 2.99. The minimum atomic E-state index is 0.538. The van der Waals surface area contributed by atoms with Crippen LogP contribution >= 0.6 is 24.2 Å². The number of rotatable bonds is 2. The summed E-state index contributed by atoms with van der Waals surface area (Å²) in [6.45, 7) is 2.01. The first-order valence-electron chi connectivity index (χ1n) is 3.63. The Morgan fingerprint density at radius 3 is 3.00 bits per heavy atom. The van der Waals surface area contributed by atoms with Crippen molar-refractivity contribution in [2.45, 2.75) is 6.92 Å². The zero-order valence-electron chi connectivity index (χ0n) is 6.79. The maximum absolute atomic E-state index is 5.70. The number of halogens is 1. The molecule has 0 saturated heterocycles. The second-order valence-electron chi connectivity index (χ2n) is 2.45. The Hall–Kier alpha value is -0.470. The van der Waals surface area contributed by atoms with Gasteiger partial charge in [0, 0.05) is 11.9 Å². The molecule has 64 valence electrons. The lowest BCUT2D eigenvalue weighted by Crippen LogP contribution is -1.83. The summed E-state index contributed by atoms with van der Waals surface area (Å²) in [5, 5.41) is 0.538. The molecule has 0 amide bonds. The van der Waals surface area contributed by atoms with Gasteiger partial charge in [-0.25, -0.2) is 4.98 Å². The summed E-state index contributed by atoms with van der Waals surface area (Å²) in [5.74, 6) is 0.738. The van der Waals surface area contributed by atoms with Crippen LogP contribution in [0.5, 0.6) is 0 Å². The van der Waals surface area contributed by atoms with E-state index in [2.05, 4.69) is 17.6 Å². The van der Waals surface area contributed by atoms with Gasteiger partial charge in [0.15, 0.2) is 0 Å². The molecular formula is C9H10ClNS. The fourth-order valence-corrected chi connectivity index (χ4v) is 1.20. The summed E-state index contributed by atoms with van der Waals surface area (Å²) in [6.07, 6.45) is 5.73. The third-order valence-electron chi connectivity index (χ3n) is 1.52. The second kappa shape index (κ2) is 4.53. The SMILES string of the molecule is Cc1cc(Cl)ncc1C=CCS. The summed E-state index contributed by atoms with van der Waals surface area (Å²) in [7, 11) is 0. The van der Waals surface area contributed by atoms with Crippen molar-refractivity contribution in [3.8, 4) is 0 Å². The van der Waals surface area contributed by atoms with Crippen molar-refractivity contribution in [1.82, 2.24) is 4.98 Å². The zero-order valence-corrected chi connectivity index (χ0v) is 8.44. The first-order chi connectivity index (χ1) is 5.74. The Morgan fingerprint density at radius 1 is 1.67 bits per heavy atom. The number of aromatic nitrogens is 1. The monoisotopic (exact) mass is 199 g/mol. The van der Waals surface area contributed by atoms with Gasteiger partial charge in [0.2, 0.25) is 0 Å². The van der Waals surface area contributed by atoms with Crippen molar-refractivity contribution in [2.24, 2.45) is 0 Å². The molecule has 0 aromatic carbocycles. The lowest BCUT2D eigenvalue weighted by atomic mass is 10.1. The van der Waals surface area contributed by atoms with Crippen molar-refractivity contribution in [3.05, 3.63) is 34.6 Å². The maximum atomic E-state index is 5.70. The van der Waals surface area contributed by atoms with E-state index in [0.717, 1.165) is 16.9 Å². The molecule has 1 nitrogen and oxygen atoms in total. The maximum Gasteiger partial charge on any atom is 0.129 e. The molecule has 1 aromatic heterocycles. The van der Waals surface area contributed by atoms with Gasteiger partial charge in [-0.05, 0) is 24.1 Å². The normalized spacial score (nSPS) is 10.9. The molecular weight excluding hydrogens is 190 g/mol. The van der Waals surface area contributed by atoms with Crippen molar-refractivity contribution < 1.29 is 0 Å². The number of aryl methyl sites for hydroxylation is 1. The lowest BCUT2D eigenvalue weighted by Gasteiger charge is -1.98. The predicted molar refractivity (Wildman–Crippen MR) is 56.9 cm³/mol. The van der Waals surface area contributed by atoms with E-state index in [4.69, 9.17) is 11.6 Å². The van der Waals surface area contributed by atoms with Crippen molar-refractivity contribution in [3.63, 3.8) is 0 Å². The third kappa shape index (κ3) is 2.54. The summed E-state index contributed by atoms with van der Waals surface area (Å²) >= 11 is 9.77. The van der Waals surface area contributed by atoms with Gasteiger partial charge in [-0.3, -0.25) is 0 Å². The van der Waals surface area contributed by atoms with Crippen LogP contribution in [0, 0.1) is 6.92 Å². The molecule has 0 aliphatic rings. The first kappa shape index (κ1) is 9.62. The number of nitrogens with zero attached hydrogens (tertiary/aromatic N) is 1. The molecule has 0 saturated carbocycles. The van der Waals surface area contributed by atoms with Crippen LogP contribution < -0.4 is 0 Å². The number of pyridine rings is 1. The lowest BCUT2D eigenvalue weighted by molar-refractivity contribution is 1.27. The average Bonchev–Trinajstić information content (AvgIpc) is 2.03. The molecule has 0 aliphatic carbocycles. The minimum absolute atomic E-state index is 0.538. The Morgan fingerprint density at radius 2 is 2.42 bits per heavy atom. The van der Waals surface area contributed by atoms with Crippen molar-refractivity contribution >= 4 is 30.3 Å². The largest absolute Gasteiger partial charge is 0.244 e. The highest BCUT2D eigenvalue weighted by atomic mass is 35.5. The van der Waals surface area contributed by atoms with Crippen LogP contribution in [0.25, 0.3) is 6.08 Å². The number of hydrogen-bond acceptors (Lipinski definition) is 2. The van der Waals surface area contributed by atoms with E-state index in [-0.39, 0.29) is 0 Å². The standard InChI is InChI=1S/C9H10ClNS/c1-7-5-9(10)11-6-8(7)3-2-4-12/h2-3,5-6,12H,4H2,1H3. The van der Waals surface area contributed by atoms with Crippen LogP contribution in [0.1, 0.15) is 11.1 Å². The molecule has 0 aliphatic heterocycles. The van der Waals surface area contributed by atoms with Gasteiger partial charge in [0.1, 0.15) is 5.15 Å². The quantitative estimate of drug-likeness (QED) is 0.571. The van der Waals surface area contributed by atoms with E-state index >= 15 is 0 Å². The van der Waals surface area contributed by atoms with Crippen LogP contribution in [0.4, 0.5) is 0 Å². The number of thiol groups is 1. The topological polar surface area (TPSA) is 12.9 Å². The zero-order chi connectivity index (χ0) is 8.97. The summed E-state index contributed by atoms with van der Waals surface area (Å²) in [5.41, 5.74) is 2.22. The molecule has 0 radical (unpaired) electrons. The van der Waals surface area contributed by atoms with Crippen LogP contribution in [0.3, 0.4) is 0 Å². The van der Waals surface area contributed by atoms with E-state index in [9.17, 15) is 0 Å². The Balaban J connectivity index is 2.94. The van der Waals surface area contributed by atoms with Gasteiger partial charge in [0.05, 0.1) is 0 Å². The molecule has 0 spiro atoms.